The van der Waals surface area contributed by atoms with Crippen molar-refractivity contribution in [3.8, 4) is 0 Å². The Balaban J connectivity index is 2.47. The summed E-state index contributed by atoms with van der Waals surface area (Å²) in [7, 11) is 1.63. The van der Waals surface area contributed by atoms with Crippen LogP contribution in [0.3, 0.4) is 0 Å². The number of Topliss-reactive ketones (excluding diaryl/α,β-unsaturated/α-hetero) is 1. The highest BCUT2D eigenvalue weighted by Gasteiger charge is 2.53. The minimum Gasteiger partial charge on any atom is -0.366 e. The van der Waals surface area contributed by atoms with Crippen molar-refractivity contribution >= 4 is 5.78 Å². The third-order valence-corrected chi connectivity index (χ3v) is 3.58. The van der Waals surface area contributed by atoms with E-state index in [-0.39, 0.29) is 11.2 Å². The van der Waals surface area contributed by atoms with Gasteiger partial charge < -0.3 is 4.74 Å². The van der Waals surface area contributed by atoms with Gasteiger partial charge in [-0.25, -0.2) is 0 Å². The fourth-order valence-electron chi connectivity index (χ4n) is 2.80. The molecule has 13 heavy (non-hydrogen) atoms. The summed E-state index contributed by atoms with van der Waals surface area (Å²) >= 11 is 0. The molecule has 0 amide bonds. The average Bonchev–Trinajstić information content (AvgIpc) is 2.03. The molecule has 0 aliphatic heterocycles. The molecule has 3 rings (SSSR count). The number of methoxy groups -OCH3 is 1. The minimum absolute atomic E-state index is 0.0940. The van der Waals surface area contributed by atoms with Crippen molar-refractivity contribution in [1.29, 1.82) is 0 Å². The molecule has 1 fully saturated rings. The highest BCUT2D eigenvalue weighted by atomic mass is 16.5. The van der Waals surface area contributed by atoms with Gasteiger partial charge in [0.05, 0.1) is 0 Å². The quantitative estimate of drug-likeness (QED) is 0.576. The molecule has 2 bridgehead atoms. The van der Waals surface area contributed by atoms with Gasteiger partial charge >= 0.3 is 0 Å². The van der Waals surface area contributed by atoms with Crippen LogP contribution in [0.2, 0.25) is 0 Å². The molecule has 3 aliphatic carbocycles. The maximum atomic E-state index is 11.8. The van der Waals surface area contributed by atoms with E-state index in [1.807, 2.05) is 6.08 Å². The Morgan fingerprint density at radius 1 is 1.54 bits per heavy atom. The lowest BCUT2D eigenvalue weighted by Crippen LogP contribution is -2.55. The molecule has 3 aliphatic rings. The molecule has 2 nitrogen and oxygen atoms in total. The van der Waals surface area contributed by atoms with Gasteiger partial charge in [-0.15, -0.1) is 0 Å². The Labute approximate surface area is 79.0 Å². The van der Waals surface area contributed by atoms with Crippen molar-refractivity contribution in [2.45, 2.75) is 32.3 Å². The molecule has 0 saturated heterocycles. The Hall–Kier alpha value is -0.630. The number of ketones is 1. The molecule has 0 aromatic rings. The molecular weight excluding hydrogens is 164 g/mol. The molecule has 0 aromatic carbocycles. The largest absolute Gasteiger partial charge is 0.366 e. The maximum Gasteiger partial charge on any atom is 0.169 e. The maximum absolute atomic E-state index is 11.8. The predicted molar refractivity (Wildman–Crippen MR) is 50.4 cm³/mol. The first-order chi connectivity index (χ1) is 6.02. The summed E-state index contributed by atoms with van der Waals surface area (Å²) in [5.74, 6) is 0.562. The van der Waals surface area contributed by atoms with E-state index in [2.05, 4.69) is 19.9 Å². The van der Waals surface area contributed by atoms with Crippen LogP contribution in [0.4, 0.5) is 0 Å². The third-order valence-electron chi connectivity index (χ3n) is 3.58. The smallest absolute Gasteiger partial charge is 0.169 e. The highest BCUT2D eigenvalue weighted by molar-refractivity contribution is 5.92. The van der Waals surface area contributed by atoms with Gasteiger partial charge in [0.1, 0.15) is 5.60 Å². The van der Waals surface area contributed by atoms with Crippen molar-refractivity contribution in [2.75, 3.05) is 7.11 Å². The third kappa shape index (κ3) is 1.01. The summed E-state index contributed by atoms with van der Waals surface area (Å²) in [5.41, 5.74) is -0.505. The van der Waals surface area contributed by atoms with Crippen LogP contribution < -0.4 is 0 Å². The molecule has 0 unspecified atom stereocenters. The molecule has 1 saturated carbocycles. The molecule has 2 heteroatoms. The summed E-state index contributed by atoms with van der Waals surface area (Å²) in [6, 6.07) is 0. The van der Waals surface area contributed by atoms with Gasteiger partial charge in [0.25, 0.3) is 0 Å². The van der Waals surface area contributed by atoms with Crippen LogP contribution in [-0.4, -0.2) is 18.5 Å². The number of fused-ring (bicyclic) bond motifs is 2. The van der Waals surface area contributed by atoms with Gasteiger partial charge in [0.2, 0.25) is 0 Å². The van der Waals surface area contributed by atoms with Crippen LogP contribution in [0.1, 0.15) is 26.7 Å². The first kappa shape index (κ1) is 8.95. The van der Waals surface area contributed by atoms with Gasteiger partial charge in [-0.1, -0.05) is 19.9 Å². The number of carbonyl (C=O) groups excluding carboxylic acids is 1. The second kappa shape index (κ2) is 2.44. The van der Waals surface area contributed by atoms with Crippen molar-refractivity contribution in [3.05, 3.63) is 12.2 Å². The number of ether oxygens (including phenoxy) is 1. The summed E-state index contributed by atoms with van der Waals surface area (Å²) in [6.07, 6.45) is 5.82. The first-order valence-electron chi connectivity index (χ1n) is 4.81. The lowest BCUT2D eigenvalue weighted by molar-refractivity contribution is -0.152. The van der Waals surface area contributed by atoms with Gasteiger partial charge in [-0.2, -0.15) is 0 Å². The number of allylic oxidation sites excluding steroid dienone is 1. The summed E-state index contributed by atoms with van der Waals surface area (Å²) < 4.78 is 5.40. The number of rotatable bonds is 1. The fourth-order valence-corrected chi connectivity index (χ4v) is 2.80. The zero-order valence-corrected chi connectivity index (χ0v) is 8.46. The lowest BCUT2D eigenvalue weighted by Gasteiger charge is -2.49. The standard InChI is InChI=1S/C11H16O2/c1-8-6-10(2)4-5-11(8,13-3)9(12)7-10/h4-5,8H,6-7H2,1-3H3/t8-,10+,11+/m0/s1. The molecule has 0 spiro atoms. The van der Waals surface area contributed by atoms with Gasteiger partial charge in [0, 0.05) is 13.5 Å². The van der Waals surface area contributed by atoms with E-state index >= 15 is 0 Å². The topological polar surface area (TPSA) is 26.3 Å². The van der Waals surface area contributed by atoms with Crippen LogP contribution in [0.5, 0.6) is 0 Å². The molecular formula is C11H16O2. The van der Waals surface area contributed by atoms with Gasteiger partial charge in [-0.3, -0.25) is 4.79 Å². The number of carbonyl (C=O) groups is 1. The zero-order valence-electron chi connectivity index (χ0n) is 8.46. The van der Waals surface area contributed by atoms with E-state index in [0.717, 1.165) is 6.42 Å². The summed E-state index contributed by atoms with van der Waals surface area (Å²) in [4.78, 5) is 11.8. The average molecular weight is 180 g/mol. The van der Waals surface area contributed by atoms with E-state index in [4.69, 9.17) is 4.74 Å². The Morgan fingerprint density at radius 3 is 2.69 bits per heavy atom. The summed E-state index contributed by atoms with van der Waals surface area (Å²) in [5, 5.41) is 0. The van der Waals surface area contributed by atoms with Crippen molar-refractivity contribution in [2.24, 2.45) is 11.3 Å². The van der Waals surface area contributed by atoms with Crippen LogP contribution in [-0.2, 0) is 9.53 Å². The zero-order chi connectivity index (χ0) is 9.69. The van der Waals surface area contributed by atoms with E-state index in [1.54, 1.807) is 7.11 Å². The predicted octanol–water partition coefficient (Wildman–Crippen LogP) is 1.95. The van der Waals surface area contributed by atoms with Crippen molar-refractivity contribution in [1.82, 2.24) is 0 Å². The molecule has 0 heterocycles. The highest BCUT2D eigenvalue weighted by Crippen LogP contribution is 2.49. The minimum atomic E-state index is -0.599. The monoisotopic (exact) mass is 180 g/mol. The van der Waals surface area contributed by atoms with Crippen LogP contribution >= 0.6 is 0 Å². The fraction of sp³-hybridized carbons (Fsp3) is 0.727. The molecule has 72 valence electrons. The molecule has 3 atom stereocenters. The number of hydrogen-bond donors (Lipinski definition) is 0. The van der Waals surface area contributed by atoms with Crippen LogP contribution in [0.25, 0.3) is 0 Å². The Kier molecular flexibility index (Phi) is 1.68. The molecule has 0 radical (unpaired) electrons. The van der Waals surface area contributed by atoms with E-state index < -0.39 is 5.60 Å². The van der Waals surface area contributed by atoms with E-state index in [0.29, 0.717) is 12.3 Å². The van der Waals surface area contributed by atoms with Crippen LogP contribution in [0, 0.1) is 11.3 Å². The van der Waals surface area contributed by atoms with Crippen LogP contribution in [0.15, 0.2) is 12.2 Å². The number of hydrogen-bond acceptors (Lipinski definition) is 2. The van der Waals surface area contributed by atoms with Crippen molar-refractivity contribution in [3.63, 3.8) is 0 Å². The lowest BCUT2D eigenvalue weighted by atomic mass is 9.59. The molecule has 0 aromatic heterocycles. The summed E-state index contributed by atoms with van der Waals surface area (Å²) in [6.45, 7) is 4.25. The van der Waals surface area contributed by atoms with E-state index in [1.165, 1.54) is 0 Å². The Bertz CT molecular complexity index is 282. The first-order valence-corrected chi connectivity index (χ1v) is 4.81. The van der Waals surface area contributed by atoms with Crippen molar-refractivity contribution < 1.29 is 9.53 Å². The Morgan fingerprint density at radius 2 is 2.23 bits per heavy atom. The van der Waals surface area contributed by atoms with E-state index in [9.17, 15) is 4.79 Å². The van der Waals surface area contributed by atoms with Gasteiger partial charge in [-0.05, 0) is 23.8 Å². The van der Waals surface area contributed by atoms with Gasteiger partial charge in [0.15, 0.2) is 5.78 Å². The second-order valence-corrected chi connectivity index (χ2v) is 4.69. The molecule has 0 N–H and O–H groups in total. The SMILES string of the molecule is CO[C@@]12C=C[C@@](C)(CC1=O)C[C@@H]2C. The second-order valence-electron chi connectivity index (χ2n) is 4.69. The normalized spacial score (nSPS) is 48.5.